The van der Waals surface area contributed by atoms with Gasteiger partial charge in [0.2, 0.25) is 13.4 Å². The first-order chi connectivity index (χ1) is 64.1. The van der Waals surface area contributed by atoms with Crippen LogP contribution in [0.15, 0.2) is 169 Å². The standard InChI is InChI=1S/C112H138B2N4O4S8/c1-9-13-17-21-25-29-33-37-41-57-69-111(70-58-42-38-34-30-26-22-18-14-10-2)85-77-89(101-95(119-7)91(103(127-101)105-93-87(79-123-105)115-73-75-117(93)5)113(81-61-49-45-50-62-81)82-63-51-46-52-64-82)125-99(85)107-97(121-111)109-110(129-107)98-108(130-109)100-86(112(122-98,71-59-43-39-35-31-27-23-19-15-11-3)72-60-44-40-36-32-28-24-20-16-12-4)78-90(126-100)102-96(120-8)92(104(128-102)106-94-88(80-124-106)116-74-76-118(94)6)114(83-65-53-47-54-66-83)84-67-55-48-56-68-84/h45-56,61-68,73-80H,5-6,9-44,57-60,69-72H2,1-4,7-8H3. The van der Waals surface area contributed by atoms with E-state index in [-0.39, 0.29) is 13.4 Å². The number of nitrogens with zero attached hydrogens (tertiary/aromatic N) is 4. The summed E-state index contributed by atoms with van der Waals surface area (Å²) in [5.41, 5.74) is 12.7. The van der Waals surface area contributed by atoms with Gasteiger partial charge < -0.3 is 28.1 Å². The van der Waals surface area contributed by atoms with Gasteiger partial charge in [-0.1, -0.05) is 402 Å². The van der Waals surface area contributed by atoms with Gasteiger partial charge in [0.05, 0.1) is 86.1 Å². The Morgan fingerprint density at radius 3 is 0.877 bits per heavy atom. The van der Waals surface area contributed by atoms with Crippen LogP contribution in [0.4, 0.5) is 0 Å². The summed E-state index contributed by atoms with van der Waals surface area (Å²) in [6, 6.07) is 49.8. The Morgan fingerprint density at radius 1 is 0.323 bits per heavy atom. The van der Waals surface area contributed by atoms with Gasteiger partial charge in [0, 0.05) is 67.9 Å². The topological polar surface area (TPSA) is 70.5 Å². The Labute approximate surface area is 810 Å². The summed E-state index contributed by atoms with van der Waals surface area (Å²) in [5.74, 6) is 4.01. The highest BCUT2D eigenvalue weighted by atomic mass is 32.1. The van der Waals surface area contributed by atoms with Crippen LogP contribution in [0.1, 0.15) is 321 Å². The van der Waals surface area contributed by atoms with Crippen molar-refractivity contribution in [3.63, 3.8) is 0 Å². The second-order valence-electron chi connectivity index (χ2n) is 37.1. The molecule has 0 fully saturated rings. The molecule has 130 heavy (non-hydrogen) atoms. The van der Waals surface area contributed by atoms with Gasteiger partial charge in [-0.25, -0.2) is 0 Å². The summed E-state index contributed by atoms with van der Waals surface area (Å²) in [7, 11) is 13.1. The molecule has 0 atom stereocenters. The fourth-order valence-electron chi connectivity index (χ4n) is 20.9. The molecule has 0 unspecified atom stereocenters. The monoisotopic (exact) mass is 1880 g/mol. The van der Waals surface area contributed by atoms with Gasteiger partial charge in [-0.3, -0.25) is 9.97 Å². The van der Waals surface area contributed by atoms with Crippen LogP contribution in [0.3, 0.4) is 0 Å². The molecule has 0 aliphatic carbocycles. The highest BCUT2D eigenvalue weighted by molar-refractivity contribution is 7.36. The highest BCUT2D eigenvalue weighted by Crippen LogP contribution is 2.68. The van der Waals surface area contributed by atoms with Gasteiger partial charge in [-0.2, -0.15) is 0 Å². The minimum Gasteiger partial charge on any atom is -0.496 e. The summed E-state index contributed by atoms with van der Waals surface area (Å²) in [4.78, 5) is 24.6. The van der Waals surface area contributed by atoms with Crippen molar-refractivity contribution >= 4 is 168 Å². The SMILES string of the molecule is [CH2-][n+]1ccnc2csc(-c3sc(-c4cc5c(s4)-c4sc6c7c(sc6c4OC5(CCCCCCCCCCCC)CCCCCCCCCCCC)-c4sc(-c5sc(-c6scc8ncc[n+]([CH2-])c68)c(B(c6ccccc6)c6ccccc6)c5OC)cc4C(CCCCCCCCCCCC)(CCCCCCCCCCCC)O7)c(OC)c3B(c3ccccc3)c3ccccc3)c21. The van der Waals surface area contributed by atoms with Gasteiger partial charge in [-0.05, 0) is 74.4 Å². The average molecular weight is 1880 g/mol. The summed E-state index contributed by atoms with van der Waals surface area (Å²) in [6.07, 6.45) is 62.9. The molecule has 0 bridgehead atoms. The lowest BCUT2D eigenvalue weighted by Gasteiger charge is -2.39. The lowest BCUT2D eigenvalue weighted by Crippen LogP contribution is -2.52. The van der Waals surface area contributed by atoms with E-state index in [0.29, 0.717) is 0 Å². The largest absolute Gasteiger partial charge is 0.496 e. The Kier molecular flexibility index (Phi) is 35.0. The van der Waals surface area contributed by atoms with Crippen LogP contribution >= 0.6 is 90.7 Å². The van der Waals surface area contributed by atoms with E-state index in [1.54, 1.807) is 22.7 Å². The average Bonchev–Trinajstić information content (AvgIpc) is 1.52. The number of thiophene rings is 8. The van der Waals surface area contributed by atoms with Crippen molar-refractivity contribution in [2.75, 3.05) is 14.2 Å². The number of hydrogen-bond acceptors (Lipinski definition) is 14. The first kappa shape index (κ1) is 95.6. The first-order valence-electron chi connectivity index (χ1n) is 50.2. The van der Waals surface area contributed by atoms with E-state index in [1.165, 1.54) is 323 Å². The molecule has 12 heterocycles. The van der Waals surface area contributed by atoms with Crippen LogP contribution in [-0.2, 0) is 11.2 Å². The molecule has 0 spiro atoms. The molecule has 4 aromatic carbocycles. The van der Waals surface area contributed by atoms with Gasteiger partial charge in [0.15, 0.2) is 11.5 Å². The molecule has 0 radical (unpaired) electrons. The van der Waals surface area contributed by atoms with Crippen molar-refractivity contribution < 1.29 is 28.1 Å². The summed E-state index contributed by atoms with van der Waals surface area (Å²) in [5, 5.41) is 4.43. The Hall–Kier alpha value is -7.51. The van der Waals surface area contributed by atoms with Gasteiger partial charge >= 0.3 is 0 Å². The molecule has 2 aliphatic heterocycles. The van der Waals surface area contributed by atoms with Crippen LogP contribution in [0.5, 0.6) is 23.0 Å². The van der Waals surface area contributed by atoms with Crippen molar-refractivity contribution in [2.45, 2.75) is 321 Å². The molecular formula is C112H138B2N4O4S8. The molecule has 0 saturated heterocycles. The normalized spacial score (nSPS) is 13.1. The number of rotatable bonds is 56. The van der Waals surface area contributed by atoms with Crippen LogP contribution in [-0.4, -0.2) is 37.6 Å². The number of hydrogen-bond donors (Lipinski definition) is 0. The van der Waals surface area contributed by atoms with Crippen molar-refractivity contribution in [1.29, 1.82) is 0 Å². The maximum atomic E-state index is 8.57. The molecule has 684 valence electrons. The number of ether oxygens (including phenoxy) is 4. The molecule has 0 saturated carbocycles. The van der Waals surface area contributed by atoms with Crippen LogP contribution in [0.2, 0.25) is 0 Å². The lowest BCUT2D eigenvalue weighted by molar-refractivity contribution is -0.584. The predicted molar refractivity (Wildman–Crippen MR) is 571 cm³/mol. The first-order valence-corrected chi connectivity index (χ1v) is 56.9. The minimum atomic E-state index is -0.589. The molecule has 8 nitrogen and oxygen atoms in total. The second-order valence-corrected chi connectivity index (χ2v) is 45.1. The van der Waals surface area contributed by atoms with E-state index >= 15 is 0 Å². The van der Waals surface area contributed by atoms with Crippen LogP contribution in [0, 0.1) is 14.1 Å². The zero-order valence-electron chi connectivity index (χ0n) is 78.5. The number of fused-ring (bicyclic) bond motifs is 11. The Balaban J connectivity index is 0.885. The molecule has 0 amide bonds. The van der Waals surface area contributed by atoms with E-state index in [2.05, 4.69) is 186 Å². The maximum Gasteiger partial charge on any atom is 0.247 e. The van der Waals surface area contributed by atoms with Crippen molar-refractivity contribution in [2.24, 2.45) is 0 Å². The van der Waals surface area contributed by atoms with E-state index in [1.807, 2.05) is 116 Å². The zero-order chi connectivity index (χ0) is 89.4. The van der Waals surface area contributed by atoms with Gasteiger partial charge in [0.25, 0.3) is 0 Å². The number of unbranched alkanes of at least 4 members (excludes halogenated alkanes) is 36. The third kappa shape index (κ3) is 21.9. The molecule has 2 aliphatic rings. The van der Waals surface area contributed by atoms with Crippen molar-refractivity contribution in [3.8, 4) is 81.5 Å². The van der Waals surface area contributed by atoms with E-state index in [0.717, 1.165) is 116 Å². The molecule has 14 aromatic rings. The summed E-state index contributed by atoms with van der Waals surface area (Å²) < 4.78 is 38.0. The van der Waals surface area contributed by atoms with Gasteiger partial charge in [-0.15, -0.1) is 90.7 Å². The molecule has 10 aromatic heterocycles. The molecular weight excluding hydrogens is 1740 g/mol. The Bertz CT molecular complexity index is 5370. The fourth-order valence-corrected chi connectivity index (χ4v) is 31.4. The van der Waals surface area contributed by atoms with Gasteiger partial charge in [0.1, 0.15) is 33.7 Å². The third-order valence-corrected chi connectivity index (χ3v) is 37.8. The summed E-state index contributed by atoms with van der Waals surface area (Å²) >= 11 is 15.2. The third-order valence-electron chi connectivity index (χ3n) is 27.8. The smallest absolute Gasteiger partial charge is 0.247 e. The quantitative estimate of drug-likeness (QED) is 0.0164. The lowest BCUT2D eigenvalue weighted by atomic mass is 9.36. The number of aromatic nitrogens is 4. The molecule has 0 N–H and O–H groups in total. The molecule has 16 rings (SSSR count). The number of methoxy groups -OCH3 is 2. The molecule has 18 heteroatoms. The summed E-state index contributed by atoms with van der Waals surface area (Å²) in [6.45, 7) is 9.04. The Morgan fingerprint density at radius 2 is 0.600 bits per heavy atom. The van der Waals surface area contributed by atoms with Crippen molar-refractivity contribution in [3.05, 3.63) is 194 Å². The second kappa shape index (κ2) is 47.6. The van der Waals surface area contributed by atoms with E-state index < -0.39 is 11.2 Å². The number of benzene rings is 4. The minimum absolute atomic E-state index is 0.141. The van der Waals surface area contributed by atoms with Crippen LogP contribution in [0.25, 0.3) is 90.0 Å². The zero-order valence-corrected chi connectivity index (χ0v) is 85.1. The maximum absolute atomic E-state index is 8.57. The van der Waals surface area contributed by atoms with Crippen molar-refractivity contribution in [1.82, 2.24) is 9.97 Å². The van der Waals surface area contributed by atoms with E-state index in [9.17, 15) is 0 Å². The highest BCUT2D eigenvalue weighted by Gasteiger charge is 2.49. The van der Waals surface area contributed by atoms with Crippen LogP contribution < -0.4 is 60.9 Å². The predicted octanol–water partition coefficient (Wildman–Crippen LogP) is 31.8. The van der Waals surface area contributed by atoms with E-state index in [4.69, 9.17) is 28.9 Å². The fraction of sp³-hybridized carbons (Fsp3) is 0.464.